The molecule has 2 rings (SSSR count). The van der Waals surface area contributed by atoms with E-state index in [1.807, 2.05) is 6.92 Å². The zero-order chi connectivity index (χ0) is 14.8. The smallest absolute Gasteiger partial charge is 0.230 e. The minimum absolute atomic E-state index is 0.00650. The lowest BCUT2D eigenvalue weighted by Gasteiger charge is -2.42. The van der Waals surface area contributed by atoms with Crippen molar-refractivity contribution in [1.29, 1.82) is 0 Å². The molecule has 0 aromatic heterocycles. The first-order valence-electron chi connectivity index (χ1n) is 7.22. The predicted octanol–water partition coefficient (Wildman–Crippen LogP) is 0.712. The fraction of sp³-hybridized carbons (Fsp3) is 0.923. The van der Waals surface area contributed by atoms with Crippen LogP contribution in [-0.2, 0) is 14.6 Å². The summed E-state index contributed by atoms with van der Waals surface area (Å²) in [5.41, 5.74) is -0.457. The minimum atomic E-state index is -3.22. The van der Waals surface area contributed by atoms with Crippen LogP contribution in [0.5, 0.6) is 0 Å². The van der Waals surface area contributed by atoms with Gasteiger partial charge in [-0.1, -0.05) is 6.92 Å². The summed E-state index contributed by atoms with van der Waals surface area (Å²) in [4.78, 5) is 14.5. The molecule has 20 heavy (non-hydrogen) atoms. The highest BCUT2D eigenvalue weighted by atomic mass is 32.2. The molecule has 1 amide bonds. The molecule has 2 aliphatic rings. The number of hydrogen-bond donors (Lipinski definition) is 1. The number of carbonyl (C=O) groups is 1. The Morgan fingerprint density at radius 1 is 1.50 bits per heavy atom. The predicted molar refractivity (Wildman–Crippen MR) is 82.5 cm³/mol. The second kappa shape index (κ2) is 6.23. The minimum Gasteiger partial charge on any atom is -0.323 e. The molecule has 0 saturated carbocycles. The highest BCUT2D eigenvalue weighted by Crippen LogP contribution is 2.32. The molecule has 0 aromatic carbocycles. The quantitative estimate of drug-likeness (QED) is 0.830. The van der Waals surface area contributed by atoms with Gasteiger partial charge in [0.2, 0.25) is 5.91 Å². The number of hydrogen-bond acceptors (Lipinski definition) is 5. The molecular formula is C13H24N2O3S2. The summed E-state index contributed by atoms with van der Waals surface area (Å²) in [6, 6.07) is 0. The Labute approximate surface area is 125 Å². The van der Waals surface area contributed by atoms with Crippen LogP contribution in [0.1, 0.15) is 26.7 Å². The van der Waals surface area contributed by atoms with Crippen molar-refractivity contribution in [2.24, 2.45) is 5.41 Å². The number of rotatable bonds is 3. The third kappa shape index (κ3) is 3.14. The Kier molecular flexibility index (Phi) is 5.02. The molecule has 2 unspecified atom stereocenters. The fourth-order valence-electron chi connectivity index (χ4n) is 2.89. The Hall–Kier alpha value is -0.270. The van der Waals surface area contributed by atoms with Gasteiger partial charge in [-0.05, 0) is 26.3 Å². The maximum Gasteiger partial charge on any atom is 0.230 e. The maximum atomic E-state index is 12.9. The molecule has 2 fully saturated rings. The van der Waals surface area contributed by atoms with Gasteiger partial charge in [-0.25, -0.2) is 8.42 Å². The Bertz CT molecular complexity index is 458. The molecule has 2 heterocycles. The van der Waals surface area contributed by atoms with Crippen molar-refractivity contribution < 1.29 is 13.2 Å². The number of nitrogens with one attached hydrogen (secondary N) is 1. The van der Waals surface area contributed by atoms with Crippen molar-refractivity contribution in [1.82, 2.24) is 10.2 Å². The van der Waals surface area contributed by atoms with E-state index in [1.165, 1.54) is 0 Å². The first-order valence-corrected chi connectivity index (χ1v) is 10.1. The molecule has 2 atom stereocenters. The van der Waals surface area contributed by atoms with Crippen molar-refractivity contribution in [2.45, 2.75) is 32.1 Å². The van der Waals surface area contributed by atoms with Crippen molar-refractivity contribution in [3.63, 3.8) is 0 Å². The number of carbonyl (C=O) groups excluding carboxylic acids is 1. The van der Waals surface area contributed by atoms with E-state index in [0.29, 0.717) is 18.8 Å². The van der Waals surface area contributed by atoms with E-state index in [1.54, 1.807) is 23.6 Å². The van der Waals surface area contributed by atoms with Crippen molar-refractivity contribution in [2.75, 3.05) is 36.9 Å². The summed E-state index contributed by atoms with van der Waals surface area (Å²) in [6.07, 6.45) is 1.80. The van der Waals surface area contributed by atoms with Crippen LogP contribution in [-0.4, -0.2) is 61.5 Å². The molecule has 0 aliphatic carbocycles. The van der Waals surface area contributed by atoms with E-state index < -0.39 is 20.6 Å². The third-order valence-electron chi connectivity index (χ3n) is 4.28. The Morgan fingerprint density at radius 3 is 2.85 bits per heavy atom. The van der Waals surface area contributed by atoms with E-state index in [-0.39, 0.29) is 11.7 Å². The summed E-state index contributed by atoms with van der Waals surface area (Å²) in [7, 11) is -3.22. The largest absolute Gasteiger partial charge is 0.323 e. The van der Waals surface area contributed by atoms with Gasteiger partial charge in [-0.15, -0.1) is 0 Å². The van der Waals surface area contributed by atoms with E-state index >= 15 is 0 Å². The molecular weight excluding hydrogens is 296 g/mol. The van der Waals surface area contributed by atoms with Gasteiger partial charge in [0.15, 0.2) is 9.84 Å². The summed E-state index contributed by atoms with van der Waals surface area (Å²) < 4.78 is 24.5. The van der Waals surface area contributed by atoms with Crippen molar-refractivity contribution >= 4 is 27.5 Å². The molecule has 0 radical (unpaired) electrons. The normalized spacial score (nSPS) is 32.1. The first-order chi connectivity index (χ1) is 9.41. The van der Waals surface area contributed by atoms with Crippen LogP contribution in [0.3, 0.4) is 0 Å². The topological polar surface area (TPSA) is 66.5 Å². The van der Waals surface area contributed by atoms with E-state index in [2.05, 4.69) is 5.32 Å². The van der Waals surface area contributed by atoms with Crippen LogP contribution in [0.2, 0.25) is 0 Å². The average molecular weight is 320 g/mol. The van der Waals surface area contributed by atoms with Crippen LogP contribution in [0, 0.1) is 5.41 Å². The number of sulfone groups is 1. The second-order valence-electron chi connectivity index (χ2n) is 5.82. The van der Waals surface area contributed by atoms with Gasteiger partial charge in [0.05, 0.1) is 5.41 Å². The average Bonchev–Trinajstić information content (AvgIpc) is 2.47. The third-order valence-corrected chi connectivity index (χ3v) is 7.56. The van der Waals surface area contributed by atoms with E-state index in [0.717, 1.165) is 25.1 Å². The number of amides is 1. The van der Waals surface area contributed by atoms with E-state index in [4.69, 9.17) is 0 Å². The Balaban J connectivity index is 2.21. The molecule has 0 aromatic rings. The molecule has 1 N–H and O–H groups in total. The fourth-order valence-corrected chi connectivity index (χ4v) is 5.85. The molecule has 7 heteroatoms. The zero-order valence-electron chi connectivity index (χ0n) is 12.2. The van der Waals surface area contributed by atoms with Gasteiger partial charge >= 0.3 is 0 Å². The molecule has 116 valence electrons. The maximum absolute atomic E-state index is 12.9. The van der Waals surface area contributed by atoms with Crippen molar-refractivity contribution in [3.8, 4) is 0 Å². The first kappa shape index (κ1) is 16.1. The highest BCUT2D eigenvalue weighted by molar-refractivity contribution is 8.01. The van der Waals surface area contributed by atoms with Gasteiger partial charge in [-0.2, -0.15) is 11.8 Å². The number of thioether (sulfide) groups is 1. The van der Waals surface area contributed by atoms with E-state index in [9.17, 15) is 13.2 Å². The lowest BCUT2D eigenvalue weighted by molar-refractivity contribution is -0.142. The van der Waals surface area contributed by atoms with Crippen LogP contribution < -0.4 is 5.32 Å². The van der Waals surface area contributed by atoms with Crippen LogP contribution in [0.25, 0.3) is 0 Å². The van der Waals surface area contributed by atoms with Gasteiger partial charge in [0.1, 0.15) is 5.37 Å². The monoisotopic (exact) mass is 320 g/mol. The molecule has 0 spiro atoms. The summed E-state index contributed by atoms with van der Waals surface area (Å²) in [5, 5.41) is 2.62. The summed E-state index contributed by atoms with van der Waals surface area (Å²) >= 11 is 1.62. The van der Waals surface area contributed by atoms with Gasteiger partial charge in [0.25, 0.3) is 0 Å². The summed E-state index contributed by atoms with van der Waals surface area (Å²) in [5.74, 6) is 1.43. The standard InChI is InChI=1S/C13H24N2O3S2/c1-3-20(17,18)11-9-19-8-7-15(11)12(16)13(2)5-4-6-14-10-13/h11,14H,3-10H2,1-2H3. The van der Waals surface area contributed by atoms with Crippen LogP contribution in [0.4, 0.5) is 0 Å². The van der Waals surface area contributed by atoms with Gasteiger partial charge in [0, 0.05) is 30.3 Å². The number of nitrogens with zero attached hydrogens (tertiary/aromatic N) is 1. The lowest BCUT2D eigenvalue weighted by atomic mass is 9.81. The SMILES string of the molecule is CCS(=O)(=O)C1CSCCN1C(=O)C1(C)CCCNC1. The molecule has 0 bridgehead atoms. The van der Waals surface area contributed by atoms with Gasteiger partial charge in [-0.3, -0.25) is 4.79 Å². The lowest BCUT2D eigenvalue weighted by Crippen LogP contribution is -2.57. The zero-order valence-corrected chi connectivity index (χ0v) is 13.9. The molecule has 5 nitrogen and oxygen atoms in total. The summed E-state index contributed by atoms with van der Waals surface area (Å²) in [6.45, 7) is 5.74. The molecule has 2 saturated heterocycles. The number of piperidine rings is 1. The van der Waals surface area contributed by atoms with Gasteiger partial charge < -0.3 is 10.2 Å². The second-order valence-corrected chi connectivity index (χ2v) is 9.42. The Morgan fingerprint density at radius 2 is 2.25 bits per heavy atom. The highest BCUT2D eigenvalue weighted by Gasteiger charge is 2.43. The molecule has 2 aliphatic heterocycles. The van der Waals surface area contributed by atoms with Crippen LogP contribution >= 0.6 is 11.8 Å². The van der Waals surface area contributed by atoms with Crippen molar-refractivity contribution in [3.05, 3.63) is 0 Å². The van der Waals surface area contributed by atoms with Crippen LogP contribution in [0.15, 0.2) is 0 Å².